The van der Waals surface area contributed by atoms with E-state index in [2.05, 4.69) is 29.8 Å². The average Bonchev–Trinajstić information content (AvgIpc) is 2.66. The van der Waals surface area contributed by atoms with Crippen molar-refractivity contribution in [1.29, 1.82) is 0 Å². The molecule has 0 fully saturated rings. The number of carbonyl (C=O) groups is 2. The topological polar surface area (TPSA) is 79.5 Å². The van der Waals surface area contributed by atoms with Gasteiger partial charge in [-0.15, -0.1) is 0 Å². The highest BCUT2D eigenvalue weighted by atomic mass is 16.5. The summed E-state index contributed by atoms with van der Waals surface area (Å²) in [5.74, 6) is 1.08. The van der Waals surface area contributed by atoms with Gasteiger partial charge in [0.1, 0.15) is 5.75 Å². The largest absolute Gasteiger partial charge is 0.494 e. The lowest BCUT2D eigenvalue weighted by molar-refractivity contribution is -0.114. The summed E-state index contributed by atoms with van der Waals surface area (Å²) < 4.78 is 5.74. The van der Waals surface area contributed by atoms with E-state index in [0.717, 1.165) is 17.9 Å². The quantitative estimate of drug-likeness (QED) is 0.558. The van der Waals surface area contributed by atoms with Crippen LogP contribution in [0.25, 0.3) is 0 Å². The summed E-state index contributed by atoms with van der Waals surface area (Å²) in [5, 5.41) is 8.75. The fourth-order valence-corrected chi connectivity index (χ4v) is 2.55. The van der Waals surface area contributed by atoms with Crippen molar-refractivity contribution >= 4 is 23.2 Å². The van der Waals surface area contributed by atoms with Gasteiger partial charge in [-0.25, -0.2) is 0 Å². The van der Waals surface area contributed by atoms with E-state index in [1.807, 2.05) is 38.1 Å². The van der Waals surface area contributed by atoms with Crippen molar-refractivity contribution in [2.75, 3.05) is 23.8 Å². The standard InChI is InChI=1S/C23H31N3O3/c1-16(2)12-13-29-21-7-5-6-20(14-21)24-15-22(27)26-19-10-8-18(9-11-19)23(28)25-17(3)4/h5-11,14,16-17,24H,12-13,15H2,1-4H3,(H,25,28)(H,26,27). The number of rotatable bonds is 10. The molecule has 156 valence electrons. The third-order valence-electron chi connectivity index (χ3n) is 4.10. The molecule has 29 heavy (non-hydrogen) atoms. The summed E-state index contributed by atoms with van der Waals surface area (Å²) in [6.45, 7) is 8.94. The molecule has 0 saturated heterocycles. The molecule has 0 radical (unpaired) electrons. The highest BCUT2D eigenvalue weighted by Gasteiger charge is 2.08. The van der Waals surface area contributed by atoms with Gasteiger partial charge in [0, 0.05) is 29.0 Å². The maximum absolute atomic E-state index is 12.2. The first-order valence-corrected chi connectivity index (χ1v) is 10.0. The van der Waals surface area contributed by atoms with Crippen molar-refractivity contribution in [3.8, 4) is 5.75 Å². The van der Waals surface area contributed by atoms with Crippen molar-refractivity contribution < 1.29 is 14.3 Å². The molecule has 0 atom stereocenters. The van der Waals surface area contributed by atoms with Crippen molar-refractivity contribution in [2.24, 2.45) is 5.92 Å². The summed E-state index contributed by atoms with van der Waals surface area (Å²) in [7, 11) is 0. The SMILES string of the molecule is CC(C)CCOc1cccc(NCC(=O)Nc2ccc(C(=O)NC(C)C)cc2)c1. The Bertz CT molecular complexity index is 801. The van der Waals surface area contributed by atoms with Crippen LogP contribution in [-0.4, -0.2) is 31.0 Å². The molecule has 2 aromatic rings. The minimum absolute atomic E-state index is 0.0760. The molecule has 0 bridgehead atoms. The molecule has 0 heterocycles. The van der Waals surface area contributed by atoms with Crippen molar-refractivity contribution in [3.05, 3.63) is 54.1 Å². The molecule has 0 aromatic heterocycles. The lowest BCUT2D eigenvalue weighted by Gasteiger charge is -2.11. The van der Waals surface area contributed by atoms with Crippen LogP contribution in [0.1, 0.15) is 44.5 Å². The van der Waals surface area contributed by atoms with Gasteiger partial charge in [0.2, 0.25) is 5.91 Å². The first-order chi connectivity index (χ1) is 13.8. The van der Waals surface area contributed by atoms with Crippen molar-refractivity contribution in [2.45, 2.75) is 40.2 Å². The molecule has 0 aliphatic rings. The zero-order chi connectivity index (χ0) is 21.2. The van der Waals surface area contributed by atoms with E-state index in [4.69, 9.17) is 4.74 Å². The van der Waals surface area contributed by atoms with Crippen LogP contribution in [0.3, 0.4) is 0 Å². The molecule has 3 N–H and O–H groups in total. The summed E-state index contributed by atoms with van der Waals surface area (Å²) in [4.78, 5) is 24.2. The van der Waals surface area contributed by atoms with E-state index >= 15 is 0 Å². The number of nitrogens with one attached hydrogen (secondary N) is 3. The molecular formula is C23H31N3O3. The molecule has 0 saturated carbocycles. The lowest BCUT2D eigenvalue weighted by atomic mass is 10.1. The molecule has 2 aromatic carbocycles. The van der Waals surface area contributed by atoms with E-state index in [1.165, 1.54) is 0 Å². The Hall–Kier alpha value is -3.02. The number of hydrogen-bond donors (Lipinski definition) is 3. The monoisotopic (exact) mass is 397 g/mol. The Balaban J connectivity index is 1.81. The van der Waals surface area contributed by atoms with Crippen molar-refractivity contribution in [3.63, 3.8) is 0 Å². The fraction of sp³-hybridized carbons (Fsp3) is 0.391. The van der Waals surface area contributed by atoms with E-state index in [9.17, 15) is 9.59 Å². The first kappa shape index (κ1) is 22.3. The van der Waals surface area contributed by atoms with E-state index in [-0.39, 0.29) is 24.4 Å². The van der Waals surface area contributed by atoms with Gasteiger partial charge in [0.15, 0.2) is 0 Å². The van der Waals surface area contributed by atoms with Gasteiger partial charge in [-0.1, -0.05) is 19.9 Å². The summed E-state index contributed by atoms with van der Waals surface area (Å²) in [5.41, 5.74) is 2.02. The highest BCUT2D eigenvalue weighted by Crippen LogP contribution is 2.18. The van der Waals surface area contributed by atoms with E-state index < -0.39 is 0 Å². The van der Waals surface area contributed by atoms with Gasteiger partial charge in [0.25, 0.3) is 5.91 Å². The zero-order valence-electron chi connectivity index (χ0n) is 17.6. The molecule has 0 aliphatic heterocycles. The molecule has 0 unspecified atom stereocenters. The van der Waals surface area contributed by atoms with Crippen LogP contribution in [-0.2, 0) is 4.79 Å². The predicted molar refractivity (Wildman–Crippen MR) is 118 cm³/mol. The maximum Gasteiger partial charge on any atom is 0.251 e. The summed E-state index contributed by atoms with van der Waals surface area (Å²) in [6, 6.07) is 14.5. The van der Waals surface area contributed by atoms with Crippen LogP contribution >= 0.6 is 0 Å². The number of benzene rings is 2. The van der Waals surface area contributed by atoms with Crippen LogP contribution in [0, 0.1) is 5.92 Å². The zero-order valence-corrected chi connectivity index (χ0v) is 17.6. The molecule has 2 rings (SSSR count). The van der Waals surface area contributed by atoms with Crippen LogP contribution in [0.5, 0.6) is 5.75 Å². The number of carbonyl (C=O) groups excluding carboxylic acids is 2. The van der Waals surface area contributed by atoms with Gasteiger partial charge in [-0.3, -0.25) is 9.59 Å². The normalized spacial score (nSPS) is 10.7. The van der Waals surface area contributed by atoms with Gasteiger partial charge in [-0.2, -0.15) is 0 Å². The summed E-state index contributed by atoms with van der Waals surface area (Å²) in [6.07, 6.45) is 0.998. The predicted octanol–water partition coefficient (Wildman–Crippen LogP) is 4.30. The van der Waals surface area contributed by atoms with Crippen LogP contribution in [0.4, 0.5) is 11.4 Å². The van der Waals surface area contributed by atoms with Gasteiger partial charge in [-0.05, 0) is 62.6 Å². The number of ether oxygens (including phenoxy) is 1. The van der Waals surface area contributed by atoms with Crippen molar-refractivity contribution in [1.82, 2.24) is 5.32 Å². The van der Waals surface area contributed by atoms with Crippen LogP contribution in [0.2, 0.25) is 0 Å². The van der Waals surface area contributed by atoms with E-state index in [1.54, 1.807) is 24.3 Å². The Morgan fingerprint density at radius 3 is 2.34 bits per heavy atom. The minimum Gasteiger partial charge on any atom is -0.494 e. The van der Waals surface area contributed by atoms with Crippen LogP contribution < -0.4 is 20.7 Å². The van der Waals surface area contributed by atoms with Gasteiger partial charge < -0.3 is 20.7 Å². The van der Waals surface area contributed by atoms with E-state index in [0.29, 0.717) is 23.8 Å². The Morgan fingerprint density at radius 1 is 0.966 bits per heavy atom. The smallest absolute Gasteiger partial charge is 0.251 e. The third kappa shape index (κ3) is 8.25. The number of anilines is 2. The molecular weight excluding hydrogens is 366 g/mol. The second-order valence-corrected chi connectivity index (χ2v) is 7.67. The molecule has 0 spiro atoms. The third-order valence-corrected chi connectivity index (χ3v) is 4.10. The number of amides is 2. The van der Waals surface area contributed by atoms with Gasteiger partial charge in [0.05, 0.1) is 13.2 Å². The molecule has 6 heteroatoms. The second kappa shape index (κ2) is 11.1. The Labute approximate surface area is 173 Å². The first-order valence-electron chi connectivity index (χ1n) is 10.0. The minimum atomic E-state index is -0.171. The second-order valence-electron chi connectivity index (χ2n) is 7.67. The lowest BCUT2D eigenvalue weighted by Crippen LogP contribution is -2.30. The number of hydrogen-bond acceptors (Lipinski definition) is 4. The Kier molecular flexibility index (Phi) is 8.52. The van der Waals surface area contributed by atoms with Gasteiger partial charge >= 0.3 is 0 Å². The average molecular weight is 398 g/mol. The molecule has 6 nitrogen and oxygen atoms in total. The molecule has 0 aliphatic carbocycles. The fourth-order valence-electron chi connectivity index (χ4n) is 2.55. The molecule has 2 amide bonds. The highest BCUT2D eigenvalue weighted by molar-refractivity contribution is 5.96. The maximum atomic E-state index is 12.2. The summed E-state index contributed by atoms with van der Waals surface area (Å²) >= 11 is 0. The van der Waals surface area contributed by atoms with Crippen LogP contribution in [0.15, 0.2) is 48.5 Å². The Morgan fingerprint density at radius 2 is 1.69 bits per heavy atom.